The van der Waals surface area contributed by atoms with Gasteiger partial charge < -0.3 is 10.4 Å². The number of rotatable bonds is 4. The molecule has 3 N–H and O–H groups in total. The van der Waals surface area contributed by atoms with E-state index < -0.39 is 0 Å². The van der Waals surface area contributed by atoms with Crippen molar-refractivity contribution in [3.8, 4) is 0 Å². The number of anilines is 1. The fraction of sp³-hybridized carbons (Fsp3) is 0.240. The van der Waals surface area contributed by atoms with E-state index in [4.69, 9.17) is 5.11 Å². The van der Waals surface area contributed by atoms with Crippen molar-refractivity contribution in [1.29, 1.82) is 0 Å². The van der Waals surface area contributed by atoms with E-state index in [1.807, 2.05) is 19.9 Å². The normalized spacial score (nSPS) is 12.9. The zero-order valence-corrected chi connectivity index (χ0v) is 19.3. The van der Waals surface area contributed by atoms with E-state index in [-0.39, 0.29) is 12.4 Å². The van der Waals surface area contributed by atoms with Gasteiger partial charge in [-0.25, -0.2) is 9.38 Å². The summed E-state index contributed by atoms with van der Waals surface area (Å²) in [6.45, 7) is 6.40. The molecule has 1 aliphatic rings. The molecule has 0 spiro atoms. The van der Waals surface area contributed by atoms with E-state index in [0.717, 1.165) is 24.1 Å². The monoisotopic (exact) mass is 439 g/mol. The van der Waals surface area contributed by atoms with Gasteiger partial charge in [0.1, 0.15) is 5.82 Å². The molecule has 0 unspecified atom stereocenters. The van der Waals surface area contributed by atoms with E-state index in [2.05, 4.69) is 64.4 Å². The highest BCUT2D eigenvalue weighted by atomic mass is 32.2. The minimum absolute atomic E-state index is 0.231. The first kappa shape index (κ1) is 24.4. The number of guanidine groups is 1. The standard InChI is InChI=1S/C22H20FN3S.C2H6.CH4O/c1-15-6-4-7-16(12-15)13-17-9-5-11-20-21(17)25-22(26-27-20)24-14-18-8-2-3-10-19(18)23;2*1-2/h2-12H,13-14H2,1H3,(H2,24,25,26);1-2H3;2H,1H3. The highest BCUT2D eigenvalue weighted by Crippen LogP contribution is 2.33. The van der Waals surface area contributed by atoms with Crippen LogP contribution in [0.2, 0.25) is 0 Å². The molecule has 3 aromatic carbocycles. The van der Waals surface area contributed by atoms with Crippen molar-refractivity contribution in [2.75, 3.05) is 12.4 Å². The van der Waals surface area contributed by atoms with Gasteiger partial charge in [-0.15, -0.1) is 0 Å². The van der Waals surface area contributed by atoms with Gasteiger partial charge in [0, 0.05) is 12.7 Å². The first-order valence-corrected chi connectivity index (χ1v) is 11.1. The molecule has 0 fully saturated rings. The molecule has 1 aliphatic heterocycles. The number of aliphatic hydroxyl groups is 1. The number of aryl methyl sites for hydroxylation is 1. The smallest absolute Gasteiger partial charge is 0.206 e. The van der Waals surface area contributed by atoms with Crippen LogP contribution in [0.3, 0.4) is 0 Å². The second kappa shape index (κ2) is 12.8. The van der Waals surface area contributed by atoms with Crippen LogP contribution in [0.4, 0.5) is 10.1 Å². The molecule has 0 saturated carbocycles. The predicted octanol–water partition coefficient (Wildman–Crippen LogP) is 5.94. The summed E-state index contributed by atoms with van der Waals surface area (Å²) in [5, 5.41) is 10.4. The number of hydrogen-bond acceptors (Lipinski definition) is 3. The average molecular weight is 440 g/mol. The zero-order chi connectivity index (χ0) is 22.6. The Labute approximate surface area is 188 Å². The van der Waals surface area contributed by atoms with Gasteiger partial charge in [-0.2, -0.15) is 0 Å². The molecule has 0 bridgehead atoms. The Morgan fingerprint density at radius 1 is 0.935 bits per heavy atom. The molecule has 0 saturated heterocycles. The van der Waals surface area contributed by atoms with Gasteiger partial charge in [0.25, 0.3) is 0 Å². The van der Waals surface area contributed by atoms with Crippen LogP contribution < -0.4 is 10.0 Å². The van der Waals surface area contributed by atoms with E-state index in [1.165, 1.54) is 34.7 Å². The Morgan fingerprint density at radius 3 is 2.39 bits per heavy atom. The molecule has 4 nitrogen and oxygen atoms in total. The molecule has 31 heavy (non-hydrogen) atoms. The second-order valence-corrected chi connectivity index (χ2v) is 7.39. The van der Waals surface area contributed by atoms with Crippen LogP contribution in [-0.2, 0) is 13.0 Å². The van der Waals surface area contributed by atoms with Crippen molar-refractivity contribution in [3.05, 3.63) is 94.8 Å². The SMILES string of the molecule is CC.CO.Cc1cccc(Cc2cccc3c2NC(=NCc2ccccc2F)NS3)c1. The largest absolute Gasteiger partial charge is 0.400 e. The summed E-state index contributed by atoms with van der Waals surface area (Å²) in [6, 6.07) is 21.6. The van der Waals surface area contributed by atoms with Gasteiger partial charge >= 0.3 is 0 Å². The fourth-order valence-corrected chi connectivity index (χ4v) is 3.86. The number of benzene rings is 3. The lowest BCUT2D eigenvalue weighted by molar-refractivity contribution is 0.399. The topological polar surface area (TPSA) is 56.6 Å². The highest BCUT2D eigenvalue weighted by molar-refractivity contribution is 7.98. The second-order valence-electron chi connectivity index (χ2n) is 6.54. The van der Waals surface area contributed by atoms with Crippen molar-refractivity contribution in [1.82, 2.24) is 4.72 Å². The van der Waals surface area contributed by atoms with Crippen LogP contribution in [0.25, 0.3) is 0 Å². The number of nitrogens with one attached hydrogen (secondary N) is 2. The van der Waals surface area contributed by atoms with E-state index in [9.17, 15) is 4.39 Å². The summed E-state index contributed by atoms with van der Waals surface area (Å²) >= 11 is 1.53. The summed E-state index contributed by atoms with van der Waals surface area (Å²) in [5.41, 5.74) is 5.39. The number of halogens is 1. The number of fused-ring (bicyclic) bond motifs is 1. The van der Waals surface area contributed by atoms with Crippen LogP contribution in [-0.4, -0.2) is 18.2 Å². The predicted molar refractivity (Wildman–Crippen MR) is 130 cm³/mol. The van der Waals surface area contributed by atoms with Crippen LogP contribution in [0, 0.1) is 12.7 Å². The van der Waals surface area contributed by atoms with Gasteiger partial charge in [0.2, 0.25) is 5.96 Å². The Morgan fingerprint density at radius 2 is 1.65 bits per heavy atom. The van der Waals surface area contributed by atoms with Crippen LogP contribution in [0.5, 0.6) is 0 Å². The first-order chi connectivity index (χ1) is 15.2. The molecule has 164 valence electrons. The summed E-state index contributed by atoms with van der Waals surface area (Å²) in [4.78, 5) is 5.64. The molecule has 4 rings (SSSR count). The Balaban J connectivity index is 0.000000807. The Hall–Kier alpha value is -2.83. The number of para-hydroxylation sites is 1. The summed E-state index contributed by atoms with van der Waals surface area (Å²) in [7, 11) is 1.00. The minimum Gasteiger partial charge on any atom is -0.400 e. The van der Waals surface area contributed by atoms with Crippen LogP contribution in [0.15, 0.2) is 76.6 Å². The highest BCUT2D eigenvalue weighted by Gasteiger charge is 2.17. The minimum atomic E-state index is -0.231. The summed E-state index contributed by atoms with van der Waals surface area (Å²) < 4.78 is 17.0. The number of hydrogen-bond donors (Lipinski definition) is 3. The quantitative estimate of drug-likeness (QED) is 0.441. The zero-order valence-electron chi connectivity index (χ0n) is 18.4. The molecule has 0 aliphatic carbocycles. The summed E-state index contributed by atoms with van der Waals surface area (Å²) in [6.07, 6.45) is 0.846. The third-order valence-corrected chi connectivity index (χ3v) is 5.31. The Kier molecular flexibility index (Phi) is 10.1. The van der Waals surface area contributed by atoms with Gasteiger partial charge in [-0.3, -0.25) is 4.72 Å². The van der Waals surface area contributed by atoms with E-state index in [1.54, 1.807) is 12.1 Å². The molecular formula is C25H30FN3OS. The van der Waals surface area contributed by atoms with E-state index >= 15 is 0 Å². The van der Waals surface area contributed by atoms with Crippen molar-refractivity contribution in [2.24, 2.45) is 4.99 Å². The van der Waals surface area contributed by atoms with Gasteiger partial charge in [-0.1, -0.05) is 74.0 Å². The molecule has 0 atom stereocenters. The third-order valence-electron chi connectivity index (χ3n) is 4.46. The van der Waals surface area contributed by atoms with Crippen LogP contribution in [0.1, 0.15) is 36.1 Å². The lowest BCUT2D eigenvalue weighted by atomic mass is 10.0. The molecule has 0 amide bonds. The maximum absolute atomic E-state index is 13.8. The maximum Gasteiger partial charge on any atom is 0.206 e. The van der Waals surface area contributed by atoms with Gasteiger partial charge in [0.15, 0.2) is 0 Å². The first-order valence-electron chi connectivity index (χ1n) is 10.3. The summed E-state index contributed by atoms with van der Waals surface area (Å²) in [5.74, 6) is 0.415. The van der Waals surface area contributed by atoms with Crippen molar-refractivity contribution in [2.45, 2.75) is 38.6 Å². The van der Waals surface area contributed by atoms with Gasteiger partial charge in [0.05, 0.1) is 17.1 Å². The van der Waals surface area contributed by atoms with Crippen LogP contribution >= 0.6 is 11.9 Å². The molecule has 1 heterocycles. The molecule has 6 heteroatoms. The molecule has 3 aromatic rings. The lowest BCUT2D eigenvalue weighted by Gasteiger charge is -2.23. The average Bonchev–Trinajstić information content (AvgIpc) is 2.81. The van der Waals surface area contributed by atoms with Gasteiger partial charge in [-0.05, 0) is 48.6 Å². The van der Waals surface area contributed by atoms with Crippen molar-refractivity contribution >= 4 is 23.6 Å². The third kappa shape index (κ3) is 6.84. The number of aliphatic hydroxyl groups excluding tert-OH is 1. The maximum atomic E-state index is 13.8. The molecule has 0 aromatic heterocycles. The number of nitrogens with zero attached hydrogens (tertiary/aromatic N) is 1. The molecule has 0 radical (unpaired) electrons. The fourth-order valence-electron chi connectivity index (χ4n) is 3.10. The van der Waals surface area contributed by atoms with Crippen molar-refractivity contribution < 1.29 is 9.50 Å². The number of aliphatic imine (C=N–C) groups is 1. The van der Waals surface area contributed by atoms with E-state index in [0.29, 0.717) is 11.5 Å². The lowest BCUT2D eigenvalue weighted by Crippen LogP contribution is -2.30. The molecular weight excluding hydrogens is 409 g/mol. The van der Waals surface area contributed by atoms with Crippen molar-refractivity contribution in [3.63, 3.8) is 0 Å². The Bertz CT molecular complexity index is 1010.